The fourth-order valence-corrected chi connectivity index (χ4v) is 2.40. The van der Waals surface area contributed by atoms with Gasteiger partial charge < -0.3 is 10.6 Å². The Morgan fingerprint density at radius 2 is 2.40 bits per heavy atom. The van der Waals surface area contributed by atoms with Crippen molar-refractivity contribution in [3.05, 3.63) is 33.1 Å². The average molecular weight is 299 g/mol. The number of nitrogens with one attached hydrogen (secondary N) is 2. The fourth-order valence-electron chi connectivity index (χ4n) is 2.24. The van der Waals surface area contributed by atoms with E-state index in [-0.39, 0.29) is 28.5 Å². The molecule has 7 nitrogen and oxygen atoms in total. The Kier molecular flexibility index (Phi) is 4.51. The van der Waals surface area contributed by atoms with Crippen LogP contribution in [0.25, 0.3) is 0 Å². The normalized spacial score (nSPS) is 22.3. The quantitative estimate of drug-likeness (QED) is 0.501. The maximum absolute atomic E-state index is 12.2. The van der Waals surface area contributed by atoms with E-state index in [1.807, 2.05) is 6.92 Å². The number of piperidine rings is 1. The van der Waals surface area contributed by atoms with Crippen LogP contribution in [0.3, 0.4) is 0 Å². The van der Waals surface area contributed by atoms with E-state index in [1.54, 1.807) is 0 Å². The molecule has 2 N–H and O–H groups in total. The first-order valence-corrected chi connectivity index (χ1v) is 6.71. The smallest absolute Gasteiger partial charge is 0.300 e. The first kappa shape index (κ1) is 14.7. The molecular weight excluding hydrogens is 284 g/mol. The summed E-state index contributed by atoms with van der Waals surface area (Å²) in [7, 11) is 0. The van der Waals surface area contributed by atoms with Crippen LogP contribution in [0, 0.1) is 10.1 Å². The Balaban J connectivity index is 2.20. The summed E-state index contributed by atoms with van der Waals surface area (Å²) in [6, 6.07) is 1.29. The van der Waals surface area contributed by atoms with Gasteiger partial charge in [0.25, 0.3) is 11.6 Å². The largest absolute Gasteiger partial charge is 0.348 e. The number of nitrogens with zero attached hydrogens (tertiary/aromatic N) is 2. The number of amides is 1. The zero-order valence-corrected chi connectivity index (χ0v) is 11.7. The second-order valence-corrected chi connectivity index (χ2v) is 5.13. The number of carbonyl (C=O) groups excluding carboxylic acids is 1. The molecule has 1 aliphatic rings. The van der Waals surface area contributed by atoms with Crippen molar-refractivity contribution in [2.45, 2.75) is 31.8 Å². The zero-order valence-electron chi connectivity index (χ0n) is 10.9. The fraction of sp³-hybridized carbons (Fsp3) is 0.500. The van der Waals surface area contributed by atoms with Crippen molar-refractivity contribution in [2.75, 3.05) is 6.54 Å². The summed E-state index contributed by atoms with van der Waals surface area (Å²) in [6.45, 7) is 2.88. The van der Waals surface area contributed by atoms with E-state index in [1.165, 1.54) is 6.07 Å². The van der Waals surface area contributed by atoms with Crippen LogP contribution in [0.4, 0.5) is 5.69 Å². The highest BCUT2D eigenvalue weighted by atomic mass is 35.5. The van der Waals surface area contributed by atoms with Gasteiger partial charge in [0.1, 0.15) is 16.9 Å². The van der Waals surface area contributed by atoms with Crippen molar-refractivity contribution in [3.63, 3.8) is 0 Å². The second kappa shape index (κ2) is 6.15. The first-order valence-electron chi connectivity index (χ1n) is 6.33. The predicted octanol–water partition coefficient (Wildman–Crippen LogP) is 1.51. The molecule has 2 unspecified atom stereocenters. The lowest BCUT2D eigenvalue weighted by Crippen LogP contribution is -2.51. The third-order valence-corrected chi connectivity index (χ3v) is 3.58. The summed E-state index contributed by atoms with van der Waals surface area (Å²) in [5.74, 6) is -0.499. The van der Waals surface area contributed by atoms with Crippen molar-refractivity contribution in [1.82, 2.24) is 15.6 Å². The highest BCUT2D eigenvalue weighted by Crippen LogP contribution is 2.21. The summed E-state index contributed by atoms with van der Waals surface area (Å²) in [6.07, 6.45) is 2.79. The van der Waals surface area contributed by atoms with Gasteiger partial charge in [-0.25, -0.2) is 4.98 Å². The van der Waals surface area contributed by atoms with Crippen molar-refractivity contribution < 1.29 is 9.72 Å². The van der Waals surface area contributed by atoms with Crippen LogP contribution in [-0.4, -0.2) is 34.4 Å². The molecule has 8 heteroatoms. The Hall–Kier alpha value is -1.73. The van der Waals surface area contributed by atoms with E-state index in [4.69, 9.17) is 11.6 Å². The summed E-state index contributed by atoms with van der Waals surface area (Å²) in [5, 5.41) is 17.0. The maximum atomic E-state index is 12.2. The molecule has 2 rings (SSSR count). The third-order valence-electron chi connectivity index (χ3n) is 3.37. The summed E-state index contributed by atoms with van der Waals surface area (Å²) in [5.41, 5.74) is -0.406. The van der Waals surface area contributed by atoms with Gasteiger partial charge >= 0.3 is 0 Å². The van der Waals surface area contributed by atoms with Crippen LogP contribution in [-0.2, 0) is 0 Å². The van der Waals surface area contributed by atoms with Gasteiger partial charge in [-0.2, -0.15) is 0 Å². The predicted molar refractivity (Wildman–Crippen MR) is 73.9 cm³/mol. The maximum Gasteiger partial charge on any atom is 0.300 e. The van der Waals surface area contributed by atoms with E-state index < -0.39 is 10.8 Å². The molecule has 1 aliphatic heterocycles. The Bertz CT molecular complexity index is 537. The van der Waals surface area contributed by atoms with Crippen molar-refractivity contribution >= 4 is 23.2 Å². The lowest BCUT2D eigenvalue weighted by molar-refractivity contribution is -0.385. The van der Waals surface area contributed by atoms with Gasteiger partial charge in [-0.05, 0) is 32.4 Å². The van der Waals surface area contributed by atoms with E-state index in [0.29, 0.717) is 0 Å². The van der Waals surface area contributed by atoms with Crippen LogP contribution >= 0.6 is 11.6 Å². The number of carbonyl (C=O) groups is 1. The number of aromatic nitrogens is 1. The van der Waals surface area contributed by atoms with E-state index in [0.717, 1.165) is 25.6 Å². The molecule has 1 fully saturated rings. The molecule has 0 radical (unpaired) electrons. The standard InChI is InChI=1S/C12H15ClN4O3/c1-7-9(3-2-4-14-7)16-12(18)8-5-11(13)15-6-10(8)17(19)20/h5-7,9,14H,2-4H2,1H3,(H,16,18). The molecule has 20 heavy (non-hydrogen) atoms. The monoisotopic (exact) mass is 298 g/mol. The minimum atomic E-state index is -0.638. The Labute approximate surface area is 120 Å². The van der Waals surface area contributed by atoms with Gasteiger partial charge in [0.15, 0.2) is 0 Å². The van der Waals surface area contributed by atoms with Crippen molar-refractivity contribution in [3.8, 4) is 0 Å². The molecule has 1 aromatic heterocycles. The number of rotatable bonds is 3. The first-order chi connectivity index (χ1) is 9.49. The topological polar surface area (TPSA) is 97.2 Å². The second-order valence-electron chi connectivity index (χ2n) is 4.75. The number of hydrogen-bond donors (Lipinski definition) is 2. The molecular formula is C12H15ClN4O3. The van der Waals surface area contributed by atoms with Crippen molar-refractivity contribution in [2.24, 2.45) is 0 Å². The van der Waals surface area contributed by atoms with Crippen LogP contribution < -0.4 is 10.6 Å². The van der Waals surface area contributed by atoms with E-state index >= 15 is 0 Å². The highest BCUT2D eigenvalue weighted by Gasteiger charge is 2.27. The summed E-state index contributed by atoms with van der Waals surface area (Å²) in [4.78, 5) is 26.1. The molecule has 1 saturated heterocycles. The highest BCUT2D eigenvalue weighted by molar-refractivity contribution is 6.29. The molecule has 0 aromatic carbocycles. The number of hydrogen-bond acceptors (Lipinski definition) is 5. The summed E-state index contributed by atoms with van der Waals surface area (Å²) < 4.78 is 0. The van der Waals surface area contributed by atoms with Crippen LogP contribution in [0.2, 0.25) is 5.15 Å². The molecule has 1 aromatic rings. The molecule has 1 amide bonds. The Morgan fingerprint density at radius 1 is 1.65 bits per heavy atom. The SMILES string of the molecule is CC1NCCCC1NC(=O)c1cc(Cl)ncc1[N+](=O)[O-]. The van der Waals surface area contributed by atoms with Gasteiger partial charge in [0, 0.05) is 12.1 Å². The average Bonchev–Trinajstić information content (AvgIpc) is 2.40. The molecule has 0 saturated carbocycles. The van der Waals surface area contributed by atoms with Crippen LogP contribution in [0.5, 0.6) is 0 Å². The van der Waals surface area contributed by atoms with Gasteiger partial charge in [-0.1, -0.05) is 11.6 Å². The third kappa shape index (κ3) is 3.23. The van der Waals surface area contributed by atoms with Gasteiger partial charge in [0.2, 0.25) is 0 Å². The van der Waals surface area contributed by atoms with Crippen LogP contribution in [0.1, 0.15) is 30.1 Å². The minimum Gasteiger partial charge on any atom is -0.348 e. The summed E-state index contributed by atoms with van der Waals surface area (Å²) >= 11 is 5.71. The van der Waals surface area contributed by atoms with E-state index in [2.05, 4.69) is 15.6 Å². The van der Waals surface area contributed by atoms with Crippen molar-refractivity contribution in [1.29, 1.82) is 0 Å². The zero-order chi connectivity index (χ0) is 14.7. The molecule has 108 valence electrons. The number of halogens is 1. The Morgan fingerprint density at radius 3 is 3.05 bits per heavy atom. The molecule has 0 spiro atoms. The lowest BCUT2D eigenvalue weighted by atomic mass is 9.99. The molecule has 0 aliphatic carbocycles. The molecule has 2 heterocycles. The minimum absolute atomic E-state index is 0.0515. The number of pyridine rings is 1. The van der Waals surface area contributed by atoms with Crippen LogP contribution in [0.15, 0.2) is 12.3 Å². The molecule has 2 atom stereocenters. The van der Waals surface area contributed by atoms with Gasteiger partial charge in [-0.15, -0.1) is 0 Å². The van der Waals surface area contributed by atoms with Gasteiger partial charge in [0.05, 0.1) is 4.92 Å². The van der Waals surface area contributed by atoms with Gasteiger partial charge in [-0.3, -0.25) is 14.9 Å². The number of nitro groups is 1. The molecule has 0 bridgehead atoms. The lowest BCUT2D eigenvalue weighted by Gasteiger charge is -2.30. The van der Waals surface area contributed by atoms with E-state index in [9.17, 15) is 14.9 Å².